The minimum Gasteiger partial charge on any atom is -0.494 e. The Bertz CT molecular complexity index is 880. The highest BCUT2D eigenvalue weighted by atomic mass is 16.5. The molecule has 3 rings (SSSR count). The number of rotatable bonds is 7. The Balaban J connectivity index is 1.68. The fourth-order valence-electron chi connectivity index (χ4n) is 4.16. The maximum atomic E-state index is 13.1. The molecule has 0 spiro atoms. The van der Waals surface area contributed by atoms with Crippen LogP contribution in [0.3, 0.4) is 0 Å². The first kappa shape index (κ1) is 23.0. The minimum absolute atomic E-state index is 0.0843. The number of aromatic nitrogens is 2. The largest absolute Gasteiger partial charge is 0.494 e. The molecule has 2 heterocycles. The van der Waals surface area contributed by atoms with E-state index in [0.717, 1.165) is 62.0 Å². The number of carbonyl (C=O) groups is 1. The molecule has 1 aromatic carbocycles. The van der Waals surface area contributed by atoms with Gasteiger partial charge in [-0.1, -0.05) is 27.2 Å². The first-order valence-corrected chi connectivity index (χ1v) is 11.5. The van der Waals surface area contributed by atoms with Gasteiger partial charge in [-0.25, -0.2) is 9.97 Å². The molecule has 1 fully saturated rings. The summed E-state index contributed by atoms with van der Waals surface area (Å²) in [7, 11) is 0. The number of benzene rings is 1. The van der Waals surface area contributed by atoms with Gasteiger partial charge >= 0.3 is 0 Å². The van der Waals surface area contributed by atoms with Crippen LogP contribution >= 0.6 is 0 Å². The van der Waals surface area contributed by atoms with Gasteiger partial charge in [-0.15, -0.1) is 0 Å². The Morgan fingerprint density at radius 1 is 1.06 bits per heavy atom. The fourth-order valence-corrected chi connectivity index (χ4v) is 4.16. The third-order valence-corrected chi connectivity index (χ3v) is 5.76. The van der Waals surface area contributed by atoms with E-state index in [1.807, 2.05) is 36.1 Å². The molecular weight excluding hydrogens is 388 g/mol. The van der Waals surface area contributed by atoms with Crippen LogP contribution in [-0.4, -0.2) is 53.6 Å². The molecule has 1 aromatic heterocycles. The number of unbranched alkanes of at least 4 members (excludes halogenated alkanes) is 1. The lowest BCUT2D eigenvalue weighted by atomic mass is 10.0. The number of hydrogen-bond donors (Lipinski definition) is 0. The van der Waals surface area contributed by atoms with Crippen molar-refractivity contribution in [2.24, 2.45) is 0 Å². The summed E-state index contributed by atoms with van der Waals surface area (Å²) in [5, 5.41) is 0. The zero-order valence-electron chi connectivity index (χ0n) is 19.6. The molecule has 168 valence electrons. The lowest BCUT2D eigenvalue weighted by Crippen LogP contribution is -2.35. The SMILES string of the molecule is CCCCOc1ccc(C(=O)N2CCCN(c3nc(C)nc(C)c3C(C)C)CC2)cc1. The van der Waals surface area contributed by atoms with Crippen LogP contribution in [0.25, 0.3) is 0 Å². The van der Waals surface area contributed by atoms with Gasteiger partial charge in [0.2, 0.25) is 0 Å². The molecule has 1 aliphatic heterocycles. The van der Waals surface area contributed by atoms with E-state index >= 15 is 0 Å². The molecule has 6 heteroatoms. The molecule has 0 radical (unpaired) electrons. The predicted octanol–water partition coefficient (Wildman–Crippen LogP) is 4.75. The summed E-state index contributed by atoms with van der Waals surface area (Å²) in [4.78, 5) is 26.7. The highest BCUT2D eigenvalue weighted by molar-refractivity contribution is 5.94. The molecule has 2 aromatic rings. The number of anilines is 1. The van der Waals surface area contributed by atoms with E-state index in [-0.39, 0.29) is 5.91 Å². The van der Waals surface area contributed by atoms with E-state index in [4.69, 9.17) is 9.72 Å². The first-order valence-electron chi connectivity index (χ1n) is 11.5. The minimum atomic E-state index is 0.0843. The summed E-state index contributed by atoms with van der Waals surface area (Å²) < 4.78 is 5.72. The summed E-state index contributed by atoms with van der Waals surface area (Å²) >= 11 is 0. The van der Waals surface area contributed by atoms with E-state index in [1.54, 1.807) is 0 Å². The van der Waals surface area contributed by atoms with Gasteiger partial charge in [0.25, 0.3) is 5.91 Å². The van der Waals surface area contributed by atoms with Crippen molar-refractivity contribution in [2.75, 3.05) is 37.7 Å². The zero-order chi connectivity index (χ0) is 22.4. The molecule has 0 unspecified atom stereocenters. The molecule has 0 atom stereocenters. The Hall–Kier alpha value is -2.63. The number of carbonyl (C=O) groups excluding carboxylic acids is 1. The topological polar surface area (TPSA) is 58.6 Å². The molecule has 6 nitrogen and oxygen atoms in total. The standard InChI is InChI=1S/C25H36N4O2/c1-6-7-17-31-22-11-9-21(10-12-22)25(30)29-14-8-13-28(15-16-29)24-23(18(2)3)19(4)26-20(5)27-24/h9-12,18H,6-8,13-17H2,1-5H3. The van der Waals surface area contributed by atoms with Crippen LogP contribution in [0, 0.1) is 13.8 Å². The van der Waals surface area contributed by atoms with Crippen molar-refractivity contribution in [3.63, 3.8) is 0 Å². The summed E-state index contributed by atoms with van der Waals surface area (Å²) in [5.41, 5.74) is 2.98. The van der Waals surface area contributed by atoms with Gasteiger partial charge in [-0.2, -0.15) is 0 Å². The molecule has 1 saturated heterocycles. The Morgan fingerprint density at radius 3 is 2.48 bits per heavy atom. The molecule has 31 heavy (non-hydrogen) atoms. The van der Waals surface area contributed by atoms with E-state index in [9.17, 15) is 4.79 Å². The van der Waals surface area contributed by atoms with Crippen molar-refractivity contribution in [1.29, 1.82) is 0 Å². The fraction of sp³-hybridized carbons (Fsp3) is 0.560. The van der Waals surface area contributed by atoms with Crippen LogP contribution in [0.1, 0.15) is 73.4 Å². The van der Waals surface area contributed by atoms with Crippen molar-refractivity contribution in [3.05, 3.63) is 46.9 Å². The quantitative estimate of drug-likeness (QED) is 0.601. The number of hydrogen-bond acceptors (Lipinski definition) is 5. The lowest BCUT2D eigenvalue weighted by Gasteiger charge is -2.27. The average Bonchev–Trinajstić information content (AvgIpc) is 2.99. The summed E-state index contributed by atoms with van der Waals surface area (Å²) in [6.07, 6.45) is 3.06. The predicted molar refractivity (Wildman–Crippen MR) is 125 cm³/mol. The molecule has 0 N–H and O–H groups in total. The van der Waals surface area contributed by atoms with Gasteiger partial charge in [0.05, 0.1) is 6.61 Å². The smallest absolute Gasteiger partial charge is 0.253 e. The van der Waals surface area contributed by atoms with Crippen molar-refractivity contribution in [3.8, 4) is 5.75 Å². The van der Waals surface area contributed by atoms with Crippen molar-refractivity contribution >= 4 is 11.7 Å². The van der Waals surface area contributed by atoms with Crippen LogP contribution in [0.4, 0.5) is 5.82 Å². The average molecular weight is 425 g/mol. The second-order valence-electron chi connectivity index (χ2n) is 8.61. The Labute approximate surface area is 186 Å². The molecular formula is C25H36N4O2. The molecule has 1 amide bonds. The second-order valence-corrected chi connectivity index (χ2v) is 8.61. The summed E-state index contributed by atoms with van der Waals surface area (Å²) in [6.45, 7) is 14.4. The Morgan fingerprint density at radius 2 is 1.81 bits per heavy atom. The van der Waals surface area contributed by atoms with E-state index in [1.165, 1.54) is 5.56 Å². The van der Waals surface area contributed by atoms with Crippen LogP contribution in [0.5, 0.6) is 5.75 Å². The van der Waals surface area contributed by atoms with Crippen LogP contribution < -0.4 is 9.64 Å². The maximum absolute atomic E-state index is 13.1. The summed E-state index contributed by atoms with van der Waals surface area (Å²) in [6, 6.07) is 7.54. The van der Waals surface area contributed by atoms with Crippen LogP contribution in [0.15, 0.2) is 24.3 Å². The second kappa shape index (κ2) is 10.6. The highest BCUT2D eigenvalue weighted by Gasteiger charge is 2.24. The highest BCUT2D eigenvalue weighted by Crippen LogP contribution is 2.29. The van der Waals surface area contributed by atoms with Gasteiger partial charge in [-0.3, -0.25) is 4.79 Å². The zero-order valence-corrected chi connectivity index (χ0v) is 19.6. The van der Waals surface area contributed by atoms with Crippen molar-refractivity contribution < 1.29 is 9.53 Å². The first-order chi connectivity index (χ1) is 14.9. The van der Waals surface area contributed by atoms with Crippen molar-refractivity contribution in [1.82, 2.24) is 14.9 Å². The number of nitrogens with zero attached hydrogens (tertiary/aromatic N) is 4. The normalized spacial score (nSPS) is 14.6. The monoisotopic (exact) mass is 424 g/mol. The van der Waals surface area contributed by atoms with Gasteiger partial charge in [0, 0.05) is 43.0 Å². The Kier molecular flexibility index (Phi) is 7.88. The van der Waals surface area contributed by atoms with Crippen molar-refractivity contribution in [2.45, 2.75) is 59.8 Å². The molecule has 0 saturated carbocycles. The third-order valence-electron chi connectivity index (χ3n) is 5.76. The number of aryl methyl sites for hydroxylation is 2. The third kappa shape index (κ3) is 5.75. The van der Waals surface area contributed by atoms with Gasteiger partial charge in [-0.05, 0) is 56.9 Å². The molecule has 1 aliphatic rings. The van der Waals surface area contributed by atoms with Gasteiger partial charge in [0.15, 0.2) is 0 Å². The maximum Gasteiger partial charge on any atom is 0.253 e. The lowest BCUT2D eigenvalue weighted by molar-refractivity contribution is 0.0767. The van der Waals surface area contributed by atoms with E-state index in [2.05, 4.69) is 37.6 Å². The van der Waals surface area contributed by atoms with E-state index < -0.39 is 0 Å². The van der Waals surface area contributed by atoms with Gasteiger partial charge < -0.3 is 14.5 Å². The number of ether oxygens (including phenoxy) is 1. The van der Waals surface area contributed by atoms with Crippen LogP contribution in [-0.2, 0) is 0 Å². The number of amides is 1. The van der Waals surface area contributed by atoms with Gasteiger partial charge in [0.1, 0.15) is 17.4 Å². The summed E-state index contributed by atoms with van der Waals surface area (Å²) in [5.74, 6) is 3.09. The molecule has 0 bridgehead atoms. The molecule has 0 aliphatic carbocycles. The van der Waals surface area contributed by atoms with Crippen LogP contribution in [0.2, 0.25) is 0 Å². The van der Waals surface area contributed by atoms with E-state index in [0.29, 0.717) is 24.6 Å².